The fraction of sp³-hybridized carbons (Fsp3) is 0.333. The maximum Gasteiger partial charge on any atom is 0.248 e. The molecule has 4 rings (SSSR count). The highest BCUT2D eigenvalue weighted by Gasteiger charge is 2.41. The van der Waals surface area contributed by atoms with E-state index in [2.05, 4.69) is 15.1 Å². The average Bonchev–Trinajstić information content (AvgIpc) is 2.94. The number of aromatic hydroxyl groups is 1. The lowest BCUT2D eigenvalue weighted by molar-refractivity contribution is -0.122. The number of aliphatic imine (C=N–C) groups is 1. The Kier molecular flexibility index (Phi) is 2.63. The zero-order valence-corrected chi connectivity index (χ0v) is 11.3. The summed E-state index contributed by atoms with van der Waals surface area (Å²) in [5.74, 6) is 0.697. The van der Waals surface area contributed by atoms with Crippen molar-refractivity contribution in [2.45, 2.75) is 25.3 Å². The smallest absolute Gasteiger partial charge is 0.248 e. The van der Waals surface area contributed by atoms with Crippen LogP contribution in [0.3, 0.4) is 0 Å². The topological polar surface area (TPSA) is 80.4 Å². The SMILES string of the molecule is O=C1CCCC2=Nc3ncnn3C(c3ccc(O)cc3)C12. The number of carbonyl (C=O) groups is 1. The number of fused-ring (bicyclic) bond motifs is 2. The van der Waals surface area contributed by atoms with E-state index in [0.717, 1.165) is 24.1 Å². The Morgan fingerprint density at radius 3 is 2.81 bits per heavy atom. The Hall–Kier alpha value is -2.50. The number of hydrogen-bond acceptors (Lipinski definition) is 5. The third-order valence-corrected chi connectivity index (χ3v) is 4.17. The van der Waals surface area contributed by atoms with Crippen LogP contribution in [0.2, 0.25) is 0 Å². The molecule has 2 heterocycles. The molecule has 2 aromatic rings. The van der Waals surface area contributed by atoms with Crippen LogP contribution in [0.4, 0.5) is 5.95 Å². The number of phenolic OH excluding ortho intramolecular Hbond substituents is 1. The monoisotopic (exact) mass is 282 g/mol. The van der Waals surface area contributed by atoms with Gasteiger partial charge in [-0.3, -0.25) is 4.79 Å². The molecular formula is C15H14N4O2. The number of aromatic nitrogens is 3. The molecule has 1 fully saturated rings. The van der Waals surface area contributed by atoms with E-state index in [-0.39, 0.29) is 23.5 Å². The average molecular weight is 282 g/mol. The van der Waals surface area contributed by atoms with Gasteiger partial charge in [-0.25, -0.2) is 9.67 Å². The second kappa shape index (κ2) is 4.51. The second-order valence-corrected chi connectivity index (χ2v) is 5.44. The largest absolute Gasteiger partial charge is 0.508 e. The second-order valence-electron chi connectivity index (χ2n) is 5.44. The molecule has 2 atom stereocenters. The van der Waals surface area contributed by atoms with E-state index in [1.807, 2.05) is 12.1 Å². The zero-order valence-electron chi connectivity index (χ0n) is 11.3. The van der Waals surface area contributed by atoms with Crippen molar-refractivity contribution in [3.63, 3.8) is 0 Å². The van der Waals surface area contributed by atoms with Gasteiger partial charge in [-0.1, -0.05) is 12.1 Å². The lowest BCUT2D eigenvalue weighted by Gasteiger charge is -2.34. The van der Waals surface area contributed by atoms with Gasteiger partial charge in [0.15, 0.2) is 0 Å². The highest BCUT2D eigenvalue weighted by atomic mass is 16.3. The summed E-state index contributed by atoms with van der Waals surface area (Å²) in [5.41, 5.74) is 1.84. The number of carbonyl (C=O) groups excluding carboxylic acids is 1. The summed E-state index contributed by atoms with van der Waals surface area (Å²) in [7, 11) is 0. The molecule has 1 aromatic carbocycles. The van der Waals surface area contributed by atoms with E-state index < -0.39 is 0 Å². The first-order valence-electron chi connectivity index (χ1n) is 7.02. The van der Waals surface area contributed by atoms with Crippen molar-refractivity contribution >= 4 is 17.4 Å². The van der Waals surface area contributed by atoms with Crippen molar-refractivity contribution in [1.82, 2.24) is 14.8 Å². The number of rotatable bonds is 1. The third-order valence-electron chi connectivity index (χ3n) is 4.17. The minimum Gasteiger partial charge on any atom is -0.508 e. The van der Waals surface area contributed by atoms with E-state index in [9.17, 15) is 9.90 Å². The quantitative estimate of drug-likeness (QED) is 0.867. The lowest BCUT2D eigenvalue weighted by atomic mass is 9.78. The Labute approximate surface area is 121 Å². The molecule has 6 nitrogen and oxygen atoms in total. The van der Waals surface area contributed by atoms with Crippen LogP contribution in [0.1, 0.15) is 30.9 Å². The van der Waals surface area contributed by atoms with Gasteiger partial charge in [0, 0.05) is 12.1 Å². The molecule has 0 amide bonds. The Balaban J connectivity index is 1.88. The minimum atomic E-state index is -0.266. The van der Waals surface area contributed by atoms with Crippen LogP contribution < -0.4 is 0 Å². The summed E-state index contributed by atoms with van der Waals surface area (Å²) >= 11 is 0. The molecule has 6 heteroatoms. The summed E-state index contributed by atoms with van der Waals surface area (Å²) in [6.45, 7) is 0. The van der Waals surface area contributed by atoms with Crippen LogP contribution in [0.25, 0.3) is 0 Å². The Morgan fingerprint density at radius 2 is 2.00 bits per heavy atom. The number of nitrogens with zero attached hydrogens (tertiary/aromatic N) is 4. The number of benzene rings is 1. The fourth-order valence-electron chi connectivity index (χ4n) is 3.22. The van der Waals surface area contributed by atoms with Crippen molar-refractivity contribution in [2.75, 3.05) is 0 Å². The first-order chi connectivity index (χ1) is 10.2. The van der Waals surface area contributed by atoms with Crippen LogP contribution in [-0.4, -0.2) is 31.4 Å². The maximum absolute atomic E-state index is 12.4. The molecule has 2 unspecified atom stereocenters. The highest BCUT2D eigenvalue weighted by molar-refractivity contribution is 6.09. The van der Waals surface area contributed by atoms with Crippen LogP contribution in [0.5, 0.6) is 5.75 Å². The molecule has 0 saturated heterocycles. The van der Waals surface area contributed by atoms with Crippen LogP contribution in [-0.2, 0) is 4.79 Å². The summed E-state index contributed by atoms with van der Waals surface area (Å²) in [4.78, 5) is 21.1. The maximum atomic E-state index is 12.4. The highest BCUT2D eigenvalue weighted by Crippen LogP contribution is 2.39. The lowest BCUT2D eigenvalue weighted by Crippen LogP contribution is -2.39. The van der Waals surface area contributed by atoms with E-state index in [0.29, 0.717) is 12.4 Å². The van der Waals surface area contributed by atoms with Crippen LogP contribution >= 0.6 is 0 Å². The van der Waals surface area contributed by atoms with Crippen molar-refractivity contribution in [3.05, 3.63) is 36.2 Å². The van der Waals surface area contributed by atoms with Gasteiger partial charge in [-0.05, 0) is 30.5 Å². The standard InChI is InChI=1S/C15H14N4O2/c20-10-6-4-9(5-7-10)14-13-11(2-1-3-12(13)21)18-15-16-8-17-19(14)15/h4-8,13-14,20H,1-3H2. The molecule has 0 spiro atoms. The summed E-state index contributed by atoms with van der Waals surface area (Å²) in [6.07, 6.45) is 3.74. The molecule has 21 heavy (non-hydrogen) atoms. The molecule has 1 aromatic heterocycles. The minimum absolute atomic E-state index is 0.206. The van der Waals surface area contributed by atoms with Crippen molar-refractivity contribution in [2.24, 2.45) is 10.9 Å². The summed E-state index contributed by atoms with van der Waals surface area (Å²) in [6, 6.07) is 6.70. The van der Waals surface area contributed by atoms with E-state index >= 15 is 0 Å². The van der Waals surface area contributed by atoms with Crippen molar-refractivity contribution in [1.29, 1.82) is 0 Å². The molecule has 2 aliphatic rings. The number of phenols is 1. The number of hydrogen-bond donors (Lipinski definition) is 1. The van der Waals surface area contributed by atoms with Crippen LogP contribution in [0.15, 0.2) is 35.6 Å². The molecule has 1 N–H and O–H groups in total. The molecule has 1 aliphatic carbocycles. The fourth-order valence-corrected chi connectivity index (χ4v) is 3.22. The van der Waals surface area contributed by atoms with Crippen molar-refractivity contribution < 1.29 is 9.90 Å². The molecular weight excluding hydrogens is 268 g/mol. The van der Waals surface area contributed by atoms with Gasteiger partial charge >= 0.3 is 0 Å². The van der Waals surface area contributed by atoms with Gasteiger partial charge in [0.05, 0.1) is 12.0 Å². The van der Waals surface area contributed by atoms with Crippen LogP contribution in [0, 0.1) is 5.92 Å². The van der Waals surface area contributed by atoms with Gasteiger partial charge in [0.1, 0.15) is 17.9 Å². The van der Waals surface area contributed by atoms with Gasteiger partial charge < -0.3 is 5.11 Å². The van der Waals surface area contributed by atoms with Gasteiger partial charge in [0.25, 0.3) is 0 Å². The van der Waals surface area contributed by atoms with E-state index in [1.165, 1.54) is 6.33 Å². The molecule has 106 valence electrons. The normalized spacial score (nSPS) is 24.2. The van der Waals surface area contributed by atoms with Gasteiger partial charge in [-0.15, -0.1) is 0 Å². The van der Waals surface area contributed by atoms with E-state index in [4.69, 9.17) is 0 Å². The van der Waals surface area contributed by atoms with Crippen molar-refractivity contribution in [3.8, 4) is 5.75 Å². The molecule has 1 aliphatic heterocycles. The Bertz CT molecular complexity index is 732. The third kappa shape index (κ3) is 1.86. The summed E-state index contributed by atoms with van der Waals surface area (Å²) in [5, 5.41) is 13.7. The Morgan fingerprint density at radius 1 is 1.19 bits per heavy atom. The first kappa shape index (κ1) is 12.3. The first-order valence-corrected chi connectivity index (χ1v) is 7.02. The predicted octanol–water partition coefficient (Wildman–Crippen LogP) is 2.03. The zero-order chi connectivity index (χ0) is 14.4. The predicted molar refractivity (Wildman–Crippen MR) is 75.7 cm³/mol. The number of Topliss-reactive ketones (excluding diaryl/α,β-unsaturated/α-hetero) is 1. The van der Waals surface area contributed by atoms with E-state index in [1.54, 1.807) is 16.8 Å². The van der Waals surface area contributed by atoms with Gasteiger partial charge in [0.2, 0.25) is 5.95 Å². The van der Waals surface area contributed by atoms with Gasteiger partial charge in [-0.2, -0.15) is 10.1 Å². The summed E-state index contributed by atoms with van der Waals surface area (Å²) < 4.78 is 1.71. The number of ketones is 1. The molecule has 1 saturated carbocycles. The molecule has 0 radical (unpaired) electrons. The molecule has 0 bridgehead atoms.